The summed E-state index contributed by atoms with van der Waals surface area (Å²) in [6, 6.07) is -0.167. The number of nitrogens with zero attached hydrogens (tertiary/aromatic N) is 2. The summed E-state index contributed by atoms with van der Waals surface area (Å²) < 4.78 is 5.07. The zero-order chi connectivity index (χ0) is 10.2. The molecule has 0 spiro atoms. The standard InChI is InChI=1S/C9H16N4O/c1-2-6(10)7-12-8(13-14-7)9(11)4-3-5-9/h6H,2-5,10-11H2,1H3. The van der Waals surface area contributed by atoms with Crippen molar-refractivity contribution in [2.75, 3.05) is 0 Å². The second-order valence-electron chi connectivity index (χ2n) is 3.98. The molecule has 5 nitrogen and oxygen atoms in total. The molecule has 1 atom stereocenters. The molecular formula is C9H16N4O. The Hall–Kier alpha value is -0.940. The maximum absolute atomic E-state index is 6.05. The predicted molar refractivity (Wildman–Crippen MR) is 51.2 cm³/mol. The highest BCUT2D eigenvalue weighted by Gasteiger charge is 2.39. The lowest BCUT2D eigenvalue weighted by atomic mass is 9.77. The SMILES string of the molecule is CCC(N)c1nc(C2(N)CCC2)no1. The molecule has 14 heavy (non-hydrogen) atoms. The second kappa shape index (κ2) is 3.33. The Morgan fingerprint density at radius 3 is 2.79 bits per heavy atom. The van der Waals surface area contributed by atoms with E-state index in [0.717, 1.165) is 25.7 Å². The lowest BCUT2D eigenvalue weighted by Gasteiger charge is -2.34. The topological polar surface area (TPSA) is 91.0 Å². The molecule has 1 heterocycles. The average Bonchev–Trinajstić information content (AvgIpc) is 2.62. The minimum absolute atomic E-state index is 0.167. The zero-order valence-electron chi connectivity index (χ0n) is 8.36. The van der Waals surface area contributed by atoms with Gasteiger partial charge in [-0.15, -0.1) is 0 Å². The third-order valence-electron chi connectivity index (χ3n) is 2.89. The fourth-order valence-electron chi connectivity index (χ4n) is 1.54. The van der Waals surface area contributed by atoms with Gasteiger partial charge in [-0.1, -0.05) is 12.1 Å². The van der Waals surface area contributed by atoms with Crippen LogP contribution in [-0.2, 0) is 5.54 Å². The Balaban J connectivity index is 2.17. The molecule has 1 aliphatic rings. The molecule has 0 radical (unpaired) electrons. The van der Waals surface area contributed by atoms with Crippen molar-refractivity contribution in [2.45, 2.75) is 44.2 Å². The van der Waals surface area contributed by atoms with Crippen molar-refractivity contribution in [3.63, 3.8) is 0 Å². The summed E-state index contributed by atoms with van der Waals surface area (Å²) in [5.74, 6) is 1.11. The van der Waals surface area contributed by atoms with E-state index in [-0.39, 0.29) is 11.6 Å². The lowest BCUT2D eigenvalue weighted by molar-refractivity contribution is 0.228. The summed E-state index contributed by atoms with van der Waals surface area (Å²) in [4.78, 5) is 4.25. The van der Waals surface area contributed by atoms with Gasteiger partial charge in [-0.25, -0.2) is 0 Å². The lowest BCUT2D eigenvalue weighted by Crippen LogP contribution is -2.44. The number of hydrogen-bond donors (Lipinski definition) is 2. The molecule has 0 amide bonds. The molecule has 0 saturated heterocycles. The first-order valence-corrected chi connectivity index (χ1v) is 5.04. The molecule has 1 aliphatic carbocycles. The molecule has 1 aromatic rings. The zero-order valence-corrected chi connectivity index (χ0v) is 8.36. The van der Waals surface area contributed by atoms with E-state index in [0.29, 0.717) is 11.7 Å². The summed E-state index contributed by atoms with van der Waals surface area (Å²) in [5, 5.41) is 3.89. The van der Waals surface area contributed by atoms with Crippen LogP contribution in [0.15, 0.2) is 4.52 Å². The monoisotopic (exact) mass is 196 g/mol. The van der Waals surface area contributed by atoms with Crippen molar-refractivity contribution in [2.24, 2.45) is 11.5 Å². The van der Waals surface area contributed by atoms with Crippen LogP contribution in [0.25, 0.3) is 0 Å². The molecule has 1 saturated carbocycles. The van der Waals surface area contributed by atoms with Crippen molar-refractivity contribution in [3.8, 4) is 0 Å². The second-order valence-corrected chi connectivity index (χ2v) is 3.98. The van der Waals surface area contributed by atoms with Crippen LogP contribution in [0.5, 0.6) is 0 Å². The molecule has 1 aromatic heterocycles. The molecular weight excluding hydrogens is 180 g/mol. The third-order valence-corrected chi connectivity index (χ3v) is 2.89. The fourth-order valence-corrected chi connectivity index (χ4v) is 1.54. The van der Waals surface area contributed by atoms with Gasteiger partial charge >= 0.3 is 0 Å². The Bertz CT molecular complexity index is 318. The molecule has 0 aromatic carbocycles. The van der Waals surface area contributed by atoms with Gasteiger partial charge in [0.25, 0.3) is 0 Å². The summed E-state index contributed by atoms with van der Waals surface area (Å²) in [6.45, 7) is 1.98. The van der Waals surface area contributed by atoms with Crippen LogP contribution in [0.4, 0.5) is 0 Å². The summed E-state index contributed by atoms with van der Waals surface area (Å²) in [7, 11) is 0. The highest BCUT2D eigenvalue weighted by molar-refractivity contribution is 5.09. The highest BCUT2D eigenvalue weighted by atomic mass is 16.5. The van der Waals surface area contributed by atoms with Gasteiger partial charge in [0, 0.05) is 0 Å². The average molecular weight is 196 g/mol. The molecule has 0 bridgehead atoms. The van der Waals surface area contributed by atoms with Crippen molar-refractivity contribution in [3.05, 3.63) is 11.7 Å². The molecule has 0 aliphatic heterocycles. The van der Waals surface area contributed by atoms with Gasteiger partial charge in [0.2, 0.25) is 5.89 Å². The van der Waals surface area contributed by atoms with Crippen LogP contribution < -0.4 is 11.5 Å². The first kappa shape index (κ1) is 9.61. The van der Waals surface area contributed by atoms with E-state index in [1.54, 1.807) is 0 Å². The largest absolute Gasteiger partial charge is 0.338 e. The van der Waals surface area contributed by atoms with Crippen LogP contribution in [-0.4, -0.2) is 10.1 Å². The third kappa shape index (κ3) is 1.42. The Morgan fingerprint density at radius 2 is 2.29 bits per heavy atom. The first-order valence-electron chi connectivity index (χ1n) is 5.04. The number of aromatic nitrogens is 2. The first-order chi connectivity index (χ1) is 6.65. The van der Waals surface area contributed by atoms with Gasteiger partial charge in [-0.3, -0.25) is 0 Å². The van der Waals surface area contributed by atoms with Crippen molar-refractivity contribution < 1.29 is 4.52 Å². The van der Waals surface area contributed by atoms with Crippen molar-refractivity contribution in [1.82, 2.24) is 10.1 Å². The number of rotatable bonds is 3. The summed E-state index contributed by atoms with van der Waals surface area (Å²) >= 11 is 0. The van der Waals surface area contributed by atoms with Gasteiger partial charge < -0.3 is 16.0 Å². The Morgan fingerprint density at radius 1 is 1.57 bits per heavy atom. The highest BCUT2D eigenvalue weighted by Crippen LogP contribution is 2.37. The number of nitrogens with two attached hydrogens (primary N) is 2. The number of hydrogen-bond acceptors (Lipinski definition) is 5. The van der Waals surface area contributed by atoms with E-state index in [9.17, 15) is 0 Å². The van der Waals surface area contributed by atoms with E-state index in [2.05, 4.69) is 10.1 Å². The van der Waals surface area contributed by atoms with Gasteiger partial charge in [0.05, 0.1) is 11.6 Å². The van der Waals surface area contributed by atoms with Crippen molar-refractivity contribution in [1.29, 1.82) is 0 Å². The van der Waals surface area contributed by atoms with Crippen LogP contribution in [0.1, 0.15) is 50.4 Å². The maximum atomic E-state index is 6.05. The van der Waals surface area contributed by atoms with E-state index in [1.165, 1.54) is 0 Å². The van der Waals surface area contributed by atoms with Crippen molar-refractivity contribution >= 4 is 0 Å². The predicted octanol–water partition coefficient (Wildman–Crippen LogP) is 0.817. The Labute approximate surface area is 82.8 Å². The quantitative estimate of drug-likeness (QED) is 0.746. The molecule has 78 valence electrons. The smallest absolute Gasteiger partial charge is 0.243 e. The van der Waals surface area contributed by atoms with Crippen LogP contribution in [0, 0.1) is 0 Å². The molecule has 4 N–H and O–H groups in total. The summed E-state index contributed by atoms with van der Waals surface area (Å²) in [5.41, 5.74) is 11.5. The maximum Gasteiger partial charge on any atom is 0.243 e. The Kier molecular flexibility index (Phi) is 2.28. The van der Waals surface area contributed by atoms with Crippen LogP contribution in [0.3, 0.4) is 0 Å². The molecule has 5 heteroatoms. The van der Waals surface area contributed by atoms with E-state index in [1.807, 2.05) is 6.92 Å². The van der Waals surface area contributed by atoms with Gasteiger partial charge in [-0.05, 0) is 25.7 Å². The molecule has 1 unspecified atom stereocenters. The fraction of sp³-hybridized carbons (Fsp3) is 0.778. The van der Waals surface area contributed by atoms with Crippen LogP contribution >= 0.6 is 0 Å². The van der Waals surface area contributed by atoms with Gasteiger partial charge in [-0.2, -0.15) is 4.98 Å². The van der Waals surface area contributed by atoms with Crippen LogP contribution in [0.2, 0.25) is 0 Å². The normalized spacial score (nSPS) is 21.6. The molecule has 1 fully saturated rings. The summed E-state index contributed by atoms with van der Waals surface area (Å²) in [6.07, 6.45) is 3.81. The van der Waals surface area contributed by atoms with Gasteiger partial charge in [0.15, 0.2) is 5.82 Å². The van der Waals surface area contributed by atoms with E-state index in [4.69, 9.17) is 16.0 Å². The minimum Gasteiger partial charge on any atom is -0.338 e. The van der Waals surface area contributed by atoms with E-state index >= 15 is 0 Å². The van der Waals surface area contributed by atoms with Gasteiger partial charge in [0.1, 0.15) is 0 Å². The molecule has 2 rings (SSSR count). The minimum atomic E-state index is -0.352. The van der Waals surface area contributed by atoms with E-state index < -0.39 is 0 Å².